The summed E-state index contributed by atoms with van der Waals surface area (Å²) in [5.74, 6) is 0.0415. The third-order valence-electron chi connectivity index (χ3n) is 5.26. The normalized spacial score (nSPS) is 24.1. The zero-order chi connectivity index (χ0) is 16.7. The zero-order valence-electron chi connectivity index (χ0n) is 13.7. The Labute approximate surface area is 140 Å². The van der Waals surface area contributed by atoms with Crippen molar-refractivity contribution in [2.24, 2.45) is 5.41 Å². The Hall–Kier alpha value is -2.50. The zero-order valence-corrected chi connectivity index (χ0v) is 13.7. The number of rotatable bonds is 1. The molecule has 0 saturated carbocycles. The van der Waals surface area contributed by atoms with Crippen LogP contribution in [0, 0.1) is 5.41 Å². The largest absolute Gasteiger partial charge is 0.345 e. The molecule has 6 heteroatoms. The van der Waals surface area contributed by atoms with Crippen molar-refractivity contribution >= 4 is 22.8 Å². The smallest absolute Gasteiger partial charge is 0.274 e. The Kier molecular flexibility index (Phi) is 3.48. The van der Waals surface area contributed by atoms with E-state index in [1.807, 2.05) is 31.3 Å². The van der Waals surface area contributed by atoms with E-state index in [4.69, 9.17) is 0 Å². The van der Waals surface area contributed by atoms with Crippen LogP contribution < -0.4 is 0 Å². The highest BCUT2D eigenvalue weighted by Gasteiger charge is 2.48. The molecule has 2 amide bonds. The van der Waals surface area contributed by atoms with Crippen molar-refractivity contribution in [2.75, 3.05) is 26.7 Å². The molecule has 0 aliphatic carbocycles. The fourth-order valence-corrected chi connectivity index (χ4v) is 3.91. The Morgan fingerprint density at radius 3 is 2.79 bits per heavy atom. The van der Waals surface area contributed by atoms with Crippen LogP contribution in [0.3, 0.4) is 0 Å². The van der Waals surface area contributed by atoms with Gasteiger partial charge in [-0.15, -0.1) is 0 Å². The second kappa shape index (κ2) is 5.54. The Bertz CT molecular complexity index is 822. The van der Waals surface area contributed by atoms with Gasteiger partial charge in [0.1, 0.15) is 5.69 Å². The molecule has 2 aliphatic rings. The summed E-state index contributed by atoms with van der Waals surface area (Å²) in [4.78, 5) is 37.7. The number of nitrogens with zero attached hydrogens (tertiary/aromatic N) is 4. The lowest BCUT2D eigenvalue weighted by molar-refractivity contribution is -0.143. The lowest BCUT2D eigenvalue weighted by Crippen LogP contribution is -2.48. The number of benzene rings is 1. The van der Waals surface area contributed by atoms with Gasteiger partial charge in [0.2, 0.25) is 5.91 Å². The van der Waals surface area contributed by atoms with Gasteiger partial charge in [-0.25, -0.2) is 4.98 Å². The fourth-order valence-electron chi connectivity index (χ4n) is 3.91. The van der Waals surface area contributed by atoms with E-state index >= 15 is 0 Å². The van der Waals surface area contributed by atoms with Gasteiger partial charge in [-0.2, -0.15) is 0 Å². The van der Waals surface area contributed by atoms with Crippen molar-refractivity contribution in [1.29, 1.82) is 0 Å². The summed E-state index contributed by atoms with van der Waals surface area (Å²) in [6.07, 6.45) is 4.14. The van der Waals surface area contributed by atoms with Gasteiger partial charge in [0.25, 0.3) is 5.91 Å². The number of hydrogen-bond acceptors (Lipinski definition) is 4. The van der Waals surface area contributed by atoms with Crippen LogP contribution in [0.25, 0.3) is 11.0 Å². The molecule has 3 heterocycles. The van der Waals surface area contributed by atoms with Crippen molar-refractivity contribution in [3.63, 3.8) is 0 Å². The van der Waals surface area contributed by atoms with Gasteiger partial charge in [-0.3, -0.25) is 14.6 Å². The maximum absolute atomic E-state index is 12.8. The van der Waals surface area contributed by atoms with Gasteiger partial charge in [0, 0.05) is 26.7 Å². The highest BCUT2D eigenvalue weighted by atomic mass is 16.2. The molecule has 1 aromatic carbocycles. The summed E-state index contributed by atoms with van der Waals surface area (Å²) in [7, 11) is 1.85. The average Bonchev–Trinajstić information content (AvgIpc) is 3.04. The molecule has 1 atom stereocenters. The van der Waals surface area contributed by atoms with E-state index < -0.39 is 5.41 Å². The quantitative estimate of drug-likeness (QED) is 0.801. The van der Waals surface area contributed by atoms with Crippen molar-refractivity contribution in [3.05, 3.63) is 36.2 Å². The van der Waals surface area contributed by atoms with Crippen LogP contribution >= 0.6 is 0 Å². The van der Waals surface area contributed by atoms with E-state index in [1.54, 1.807) is 9.80 Å². The molecule has 0 radical (unpaired) electrons. The molecule has 1 aromatic heterocycles. The molecule has 2 fully saturated rings. The number of carbonyl (C=O) groups is 2. The van der Waals surface area contributed by atoms with Crippen molar-refractivity contribution in [2.45, 2.75) is 19.3 Å². The van der Waals surface area contributed by atoms with Crippen LogP contribution in [0.15, 0.2) is 30.5 Å². The van der Waals surface area contributed by atoms with E-state index in [9.17, 15) is 9.59 Å². The van der Waals surface area contributed by atoms with Gasteiger partial charge in [-0.1, -0.05) is 12.1 Å². The fraction of sp³-hybridized carbons (Fsp3) is 0.444. The first-order chi connectivity index (χ1) is 11.6. The van der Waals surface area contributed by atoms with Crippen LogP contribution in [-0.2, 0) is 4.79 Å². The first-order valence-corrected chi connectivity index (χ1v) is 8.36. The average molecular weight is 324 g/mol. The predicted molar refractivity (Wildman–Crippen MR) is 89.4 cm³/mol. The number of para-hydroxylation sites is 2. The minimum atomic E-state index is -0.396. The second-order valence-electron chi connectivity index (χ2n) is 6.83. The number of aromatic nitrogens is 2. The highest BCUT2D eigenvalue weighted by Crippen LogP contribution is 2.40. The van der Waals surface area contributed by atoms with Crippen LogP contribution in [-0.4, -0.2) is 58.3 Å². The van der Waals surface area contributed by atoms with E-state index in [2.05, 4.69) is 9.97 Å². The number of likely N-dealkylation sites (tertiary alicyclic amines) is 2. The molecule has 1 spiro atoms. The molecule has 2 aromatic rings. The summed E-state index contributed by atoms with van der Waals surface area (Å²) < 4.78 is 0. The van der Waals surface area contributed by atoms with Crippen LogP contribution in [0.2, 0.25) is 0 Å². The number of amides is 2. The number of hydrogen-bond donors (Lipinski definition) is 0. The van der Waals surface area contributed by atoms with Crippen molar-refractivity contribution in [3.8, 4) is 0 Å². The molecular formula is C18H20N4O2. The number of fused-ring (bicyclic) bond motifs is 1. The first-order valence-electron chi connectivity index (χ1n) is 8.36. The van der Waals surface area contributed by atoms with Crippen molar-refractivity contribution in [1.82, 2.24) is 19.8 Å². The van der Waals surface area contributed by atoms with Gasteiger partial charge in [0.05, 0.1) is 22.6 Å². The van der Waals surface area contributed by atoms with E-state index in [1.165, 1.54) is 6.20 Å². The van der Waals surface area contributed by atoms with Gasteiger partial charge < -0.3 is 9.80 Å². The molecule has 24 heavy (non-hydrogen) atoms. The lowest BCUT2D eigenvalue weighted by atomic mass is 9.78. The maximum Gasteiger partial charge on any atom is 0.274 e. The summed E-state index contributed by atoms with van der Waals surface area (Å²) in [6.45, 7) is 1.90. The Balaban J connectivity index is 1.57. The monoisotopic (exact) mass is 324 g/mol. The van der Waals surface area contributed by atoms with E-state index in [0.29, 0.717) is 24.3 Å². The third kappa shape index (κ3) is 2.33. The van der Waals surface area contributed by atoms with Crippen LogP contribution in [0.1, 0.15) is 29.8 Å². The SMILES string of the molecule is CN1CCC[C@]2(CCN(C(=O)c3cnc4ccccc4n3)C2)C1=O. The number of piperidine rings is 1. The topological polar surface area (TPSA) is 66.4 Å². The van der Waals surface area contributed by atoms with Gasteiger partial charge >= 0.3 is 0 Å². The lowest BCUT2D eigenvalue weighted by Gasteiger charge is -2.37. The van der Waals surface area contributed by atoms with Gasteiger partial charge in [0.15, 0.2) is 0 Å². The first kappa shape index (κ1) is 15.1. The number of carbonyl (C=O) groups excluding carboxylic acids is 2. The minimum absolute atomic E-state index is 0.133. The molecule has 6 nitrogen and oxygen atoms in total. The Morgan fingerprint density at radius 2 is 1.96 bits per heavy atom. The maximum atomic E-state index is 12.8. The molecule has 0 N–H and O–H groups in total. The summed E-state index contributed by atoms with van der Waals surface area (Å²) in [5, 5.41) is 0. The molecule has 0 unspecified atom stereocenters. The van der Waals surface area contributed by atoms with Crippen LogP contribution in [0.5, 0.6) is 0 Å². The molecular weight excluding hydrogens is 304 g/mol. The second-order valence-corrected chi connectivity index (χ2v) is 6.83. The molecule has 4 rings (SSSR count). The van der Waals surface area contributed by atoms with Gasteiger partial charge in [-0.05, 0) is 31.4 Å². The van der Waals surface area contributed by atoms with Crippen molar-refractivity contribution < 1.29 is 9.59 Å². The predicted octanol–water partition coefficient (Wildman–Crippen LogP) is 1.71. The summed E-state index contributed by atoms with van der Waals surface area (Å²) in [5.41, 5.74) is 1.44. The summed E-state index contributed by atoms with van der Waals surface area (Å²) in [6, 6.07) is 7.50. The molecule has 2 aliphatic heterocycles. The molecule has 2 saturated heterocycles. The van der Waals surface area contributed by atoms with Crippen LogP contribution in [0.4, 0.5) is 0 Å². The molecule has 124 valence electrons. The third-order valence-corrected chi connectivity index (χ3v) is 5.26. The minimum Gasteiger partial charge on any atom is -0.345 e. The van der Waals surface area contributed by atoms with E-state index in [-0.39, 0.29) is 11.8 Å². The molecule has 0 bridgehead atoms. The standard InChI is InChI=1S/C18H20N4O2/c1-21-9-4-7-18(17(21)24)8-10-22(12-18)16(23)15-11-19-13-5-2-3-6-14(13)20-15/h2-3,5-6,11H,4,7-10,12H2,1H3/t18-/m1/s1. The van der Waals surface area contributed by atoms with E-state index in [0.717, 1.165) is 31.3 Å². The summed E-state index contributed by atoms with van der Waals surface area (Å²) >= 11 is 0. The highest BCUT2D eigenvalue weighted by molar-refractivity contribution is 5.95. The Morgan fingerprint density at radius 1 is 1.17 bits per heavy atom.